The van der Waals surface area contributed by atoms with E-state index in [-0.39, 0.29) is 0 Å². The summed E-state index contributed by atoms with van der Waals surface area (Å²) >= 11 is 0. The third kappa shape index (κ3) is 6.64. The summed E-state index contributed by atoms with van der Waals surface area (Å²) in [6, 6.07) is 0. The largest absolute Gasteiger partial charge is 0.397 e. The molecule has 1 heterocycles. The molecule has 6 heteroatoms. The molecular weight excluding hydrogens is 206 g/mol. The van der Waals surface area contributed by atoms with E-state index in [4.69, 9.17) is 4.55 Å². The van der Waals surface area contributed by atoms with Crippen molar-refractivity contribution in [3.63, 3.8) is 0 Å². The van der Waals surface area contributed by atoms with Gasteiger partial charge in [0, 0.05) is 19.3 Å². The van der Waals surface area contributed by atoms with Crippen molar-refractivity contribution in [1.82, 2.24) is 4.90 Å². The van der Waals surface area contributed by atoms with Gasteiger partial charge in [-0.3, -0.25) is 8.74 Å². The molecule has 14 heavy (non-hydrogen) atoms. The molecule has 1 aliphatic rings. The van der Waals surface area contributed by atoms with Crippen molar-refractivity contribution in [3.8, 4) is 0 Å². The lowest BCUT2D eigenvalue weighted by molar-refractivity contribution is 0.324. The number of likely N-dealkylation sites (N-methyl/N-ethyl adjacent to an activating group) is 1. The number of hydrogen-bond acceptors (Lipinski definition) is 4. The zero-order valence-electron chi connectivity index (χ0n) is 8.47. The Hall–Kier alpha value is -0.850. The van der Waals surface area contributed by atoms with Crippen LogP contribution in [0.3, 0.4) is 0 Å². The standard InChI is InChI=1S/C7H11N.CH4O4S/c1-7-5-3-4-6-8(7)2;1-5-6(2,3)4/h3-5H,6H2,1-2H3;1H3,(H,2,3,4). The maximum absolute atomic E-state index is 9.33. The van der Waals surface area contributed by atoms with Gasteiger partial charge in [-0.05, 0) is 13.0 Å². The van der Waals surface area contributed by atoms with Gasteiger partial charge in [0.25, 0.3) is 0 Å². The van der Waals surface area contributed by atoms with Crippen molar-refractivity contribution in [2.45, 2.75) is 6.92 Å². The second-order valence-corrected chi connectivity index (χ2v) is 3.90. The van der Waals surface area contributed by atoms with E-state index in [1.165, 1.54) is 5.70 Å². The predicted molar refractivity (Wildman–Crippen MR) is 54.1 cm³/mol. The molecular formula is C8H15NO4S. The minimum Gasteiger partial charge on any atom is -0.374 e. The molecule has 0 aromatic heterocycles. The van der Waals surface area contributed by atoms with Crippen LogP contribution in [0.5, 0.6) is 0 Å². The summed E-state index contributed by atoms with van der Waals surface area (Å²) in [6.45, 7) is 3.17. The summed E-state index contributed by atoms with van der Waals surface area (Å²) in [4.78, 5) is 2.21. The van der Waals surface area contributed by atoms with Gasteiger partial charge in [-0.1, -0.05) is 12.2 Å². The third-order valence-corrected chi connectivity index (χ3v) is 2.09. The predicted octanol–water partition coefficient (Wildman–Crippen LogP) is 0.827. The SMILES string of the molecule is CC1=CC=CCN1C.COS(=O)(=O)O. The Morgan fingerprint density at radius 2 is 2.07 bits per heavy atom. The van der Waals surface area contributed by atoms with Crippen molar-refractivity contribution in [2.24, 2.45) is 0 Å². The first-order chi connectivity index (χ1) is 6.37. The highest BCUT2D eigenvalue weighted by molar-refractivity contribution is 7.80. The molecule has 5 nitrogen and oxygen atoms in total. The summed E-state index contributed by atoms with van der Waals surface area (Å²) in [6.07, 6.45) is 6.35. The van der Waals surface area contributed by atoms with Gasteiger partial charge in [-0.2, -0.15) is 8.42 Å². The summed E-state index contributed by atoms with van der Waals surface area (Å²) in [5, 5.41) is 0. The molecule has 0 unspecified atom stereocenters. The number of hydrogen-bond donors (Lipinski definition) is 1. The molecule has 1 rings (SSSR count). The smallest absolute Gasteiger partial charge is 0.374 e. The average Bonchev–Trinajstić information content (AvgIpc) is 2.10. The van der Waals surface area contributed by atoms with Crippen molar-refractivity contribution in [2.75, 3.05) is 20.7 Å². The molecule has 0 aliphatic carbocycles. The number of rotatable bonds is 1. The van der Waals surface area contributed by atoms with Gasteiger partial charge >= 0.3 is 10.4 Å². The van der Waals surface area contributed by atoms with Crippen LogP contribution in [0, 0.1) is 0 Å². The van der Waals surface area contributed by atoms with Gasteiger partial charge in [-0.25, -0.2) is 0 Å². The summed E-state index contributed by atoms with van der Waals surface area (Å²) < 4.78 is 29.7. The summed E-state index contributed by atoms with van der Waals surface area (Å²) in [7, 11) is -1.20. The first-order valence-electron chi connectivity index (χ1n) is 3.94. The molecule has 0 saturated heterocycles. The lowest BCUT2D eigenvalue weighted by atomic mass is 10.3. The minimum absolute atomic E-state index is 0.870. The van der Waals surface area contributed by atoms with Crippen LogP contribution in [0.4, 0.5) is 0 Å². The van der Waals surface area contributed by atoms with Crippen molar-refractivity contribution < 1.29 is 17.2 Å². The Kier molecular flexibility index (Phi) is 5.44. The fraction of sp³-hybridized carbons (Fsp3) is 0.500. The lowest BCUT2D eigenvalue weighted by Gasteiger charge is -2.19. The molecule has 0 aromatic carbocycles. The van der Waals surface area contributed by atoms with Crippen LogP contribution in [0.25, 0.3) is 0 Å². The molecule has 0 bridgehead atoms. The molecule has 82 valence electrons. The Labute approximate surface area is 84.6 Å². The minimum atomic E-state index is -4.16. The Balaban J connectivity index is 0.000000255. The second kappa shape index (κ2) is 5.79. The normalized spacial score (nSPS) is 15.7. The van der Waals surface area contributed by atoms with E-state index in [1.54, 1.807) is 0 Å². The third-order valence-electron chi connectivity index (χ3n) is 1.67. The monoisotopic (exact) mass is 221 g/mol. The topological polar surface area (TPSA) is 66.8 Å². The molecule has 0 atom stereocenters. The molecule has 0 spiro atoms. The first-order valence-corrected chi connectivity index (χ1v) is 5.31. The number of nitrogens with zero attached hydrogens (tertiary/aromatic N) is 1. The van der Waals surface area contributed by atoms with E-state index >= 15 is 0 Å². The van der Waals surface area contributed by atoms with Gasteiger partial charge in [0.1, 0.15) is 0 Å². The van der Waals surface area contributed by atoms with E-state index in [0.717, 1.165) is 13.7 Å². The van der Waals surface area contributed by atoms with E-state index in [9.17, 15) is 8.42 Å². The lowest BCUT2D eigenvalue weighted by Crippen LogP contribution is -2.17. The van der Waals surface area contributed by atoms with E-state index in [1.807, 2.05) is 0 Å². The van der Waals surface area contributed by atoms with Crippen molar-refractivity contribution in [3.05, 3.63) is 23.9 Å². The quantitative estimate of drug-likeness (QED) is 0.664. The highest BCUT2D eigenvalue weighted by Gasteiger charge is 1.96. The van der Waals surface area contributed by atoms with Crippen molar-refractivity contribution >= 4 is 10.4 Å². The van der Waals surface area contributed by atoms with Crippen LogP contribution in [0.1, 0.15) is 6.92 Å². The molecule has 0 saturated carbocycles. The highest BCUT2D eigenvalue weighted by atomic mass is 32.3. The van der Waals surface area contributed by atoms with Crippen LogP contribution >= 0.6 is 0 Å². The molecule has 0 aromatic rings. The van der Waals surface area contributed by atoms with Gasteiger partial charge in [0.05, 0.1) is 7.11 Å². The van der Waals surface area contributed by atoms with Gasteiger partial charge in [-0.15, -0.1) is 0 Å². The highest BCUT2D eigenvalue weighted by Crippen LogP contribution is 2.03. The summed E-state index contributed by atoms with van der Waals surface area (Å²) in [5.41, 5.74) is 1.34. The van der Waals surface area contributed by atoms with E-state index in [0.29, 0.717) is 0 Å². The average molecular weight is 221 g/mol. The van der Waals surface area contributed by atoms with Crippen LogP contribution in [-0.2, 0) is 14.6 Å². The first kappa shape index (κ1) is 13.2. The zero-order valence-corrected chi connectivity index (χ0v) is 9.28. The van der Waals surface area contributed by atoms with E-state index < -0.39 is 10.4 Å². The van der Waals surface area contributed by atoms with Crippen LogP contribution in [-0.4, -0.2) is 38.6 Å². The fourth-order valence-electron chi connectivity index (χ4n) is 0.698. The van der Waals surface area contributed by atoms with Gasteiger partial charge in [0.15, 0.2) is 0 Å². The maximum atomic E-state index is 9.33. The van der Waals surface area contributed by atoms with Crippen LogP contribution in [0.15, 0.2) is 23.9 Å². The molecule has 0 fully saturated rings. The summed E-state index contributed by atoms with van der Waals surface area (Å²) in [5.74, 6) is 0. The van der Waals surface area contributed by atoms with Gasteiger partial charge in [0.2, 0.25) is 0 Å². The van der Waals surface area contributed by atoms with Crippen LogP contribution < -0.4 is 0 Å². The molecule has 1 aliphatic heterocycles. The Bertz CT molecular complexity index is 318. The Morgan fingerprint density at radius 3 is 2.29 bits per heavy atom. The number of allylic oxidation sites excluding steroid dienone is 3. The molecule has 0 radical (unpaired) electrons. The van der Waals surface area contributed by atoms with E-state index in [2.05, 4.69) is 41.3 Å². The molecule has 0 amide bonds. The maximum Gasteiger partial charge on any atom is 0.397 e. The second-order valence-electron chi connectivity index (χ2n) is 2.71. The fourth-order valence-corrected chi connectivity index (χ4v) is 0.698. The molecule has 1 N–H and O–H groups in total. The Morgan fingerprint density at radius 1 is 1.57 bits per heavy atom. The van der Waals surface area contributed by atoms with Crippen LogP contribution in [0.2, 0.25) is 0 Å². The zero-order chi connectivity index (χ0) is 11.2. The van der Waals surface area contributed by atoms with Crippen molar-refractivity contribution in [1.29, 1.82) is 0 Å². The van der Waals surface area contributed by atoms with Gasteiger partial charge < -0.3 is 4.90 Å².